The van der Waals surface area contributed by atoms with Gasteiger partial charge in [-0.2, -0.15) is 0 Å². The van der Waals surface area contributed by atoms with Crippen LogP contribution in [0.25, 0.3) is 6.08 Å². The molecule has 114 valence electrons. The maximum Gasteiger partial charge on any atom is 0.126 e. The van der Waals surface area contributed by atoms with Crippen LogP contribution in [0.2, 0.25) is 0 Å². The highest BCUT2D eigenvalue weighted by Crippen LogP contribution is 2.23. The van der Waals surface area contributed by atoms with Crippen LogP contribution in [0.4, 0.5) is 0 Å². The van der Waals surface area contributed by atoms with Crippen LogP contribution in [0.15, 0.2) is 52.1 Å². The molecule has 3 rings (SSSR count). The van der Waals surface area contributed by atoms with E-state index in [-0.39, 0.29) is 0 Å². The first-order chi connectivity index (χ1) is 10.9. The van der Waals surface area contributed by atoms with E-state index in [1.807, 2.05) is 30.4 Å². The van der Waals surface area contributed by atoms with E-state index >= 15 is 0 Å². The van der Waals surface area contributed by atoms with Crippen LogP contribution < -0.4 is 4.74 Å². The molecule has 0 amide bonds. The number of furan rings is 1. The van der Waals surface area contributed by atoms with E-state index in [1.165, 1.54) is 11.1 Å². The van der Waals surface area contributed by atoms with Gasteiger partial charge in [0.2, 0.25) is 0 Å². The summed E-state index contributed by atoms with van der Waals surface area (Å²) >= 11 is 0. The summed E-state index contributed by atoms with van der Waals surface area (Å²) in [5, 5.41) is 0. The Morgan fingerprint density at radius 3 is 3.05 bits per heavy atom. The Labute approximate surface area is 131 Å². The molecule has 2 heterocycles. The fourth-order valence-corrected chi connectivity index (χ4v) is 2.52. The van der Waals surface area contributed by atoms with E-state index < -0.39 is 0 Å². The van der Waals surface area contributed by atoms with Crippen LogP contribution in [0.3, 0.4) is 0 Å². The molecule has 1 aromatic carbocycles. The molecule has 1 aromatic heterocycles. The van der Waals surface area contributed by atoms with Crippen molar-refractivity contribution in [2.24, 2.45) is 4.99 Å². The smallest absolute Gasteiger partial charge is 0.126 e. The maximum atomic E-state index is 5.79. The highest BCUT2D eigenvalue weighted by molar-refractivity contribution is 6.12. The third kappa shape index (κ3) is 3.48. The summed E-state index contributed by atoms with van der Waals surface area (Å²) in [6, 6.07) is 10.1. The topological polar surface area (TPSA) is 34.7 Å². The lowest BCUT2D eigenvalue weighted by atomic mass is 9.97. The zero-order chi connectivity index (χ0) is 15.2. The average molecular weight is 295 g/mol. The van der Waals surface area contributed by atoms with Crippen LogP contribution in [-0.2, 0) is 6.42 Å². The molecule has 0 saturated carbocycles. The number of rotatable bonds is 6. The molecule has 0 radical (unpaired) electrons. The minimum absolute atomic E-state index is 0.786. The van der Waals surface area contributed by atoms with Gasteiger partial charge >= 0.3 is 0 Å². The normalized spacial score (nSPS) is 14.0. The molecule has 0 N–H and O–H groups in total. The second-order valence-electron chi connectivity index (χ2n) is 5.39. The third-order valence-electron chi connectivity index (χ3n) is 3.73. The first kappa shape index (κ1) is 14.6. The molecule has 3 heteroatoms. The lowest BCUT2D eigenvalue weighted by molar-refractivity contribution is 0.309. The van der Waals surface area contributed by atoms with E-state index in [0.717, 1.165) is 49.6 Å². The monoisotopic (exact) mass is 295 g/mol. The molecule has 22 heavy (non-hydrogen) atoms. The molecule has 0 unspecified atom stereocenters. The van der Waals surface area contributed by atoms with Gasteiger partial charge in [-0.25, -0.2) is 0 Å². The van der Waals surface area contributed by atoms with Crippen molar-refractivity contribution in [1.82, 2.24) is 0 Å². The average Bonchev–Trinajstić information content (AvgIpc) is 3.06. The van der Waals surface area contributed by atoms with E-state index in [4.69, 9.17) is 9.15 Å². The number of hydrogen-bond donors (Lipinski definition) is 0. The Morgan fingerprint density at radius 1 is 1.27 bits per heavy atom. The summed E-state index contributed by atoms with van der Waals surface area (Å²) in [6.45, 7) is 3.78. The molecule has 3 nitrogen and oxygen atoms in total. The zero-order valence-corrected chi connectivity index (χ0v) is 12.9. The molecular formula is C19H21NO2. The van der Waals surface area contributed by atoms with E-state index in [1.54, 1.807) is 6.26 Å². The van der Waals surface area contributed by atoms with Gasteiger partial charge in [0.15, 0.2) is 0 Å². The van der Waals surface area contributed by atoms with Crippen molar-refractivity contribution in [2.45, 2.75) is 26.2 Å². The van der Waals surface area contributed by atoms with Crippen LogP contribution in [0.5, 0.6) is 5.75 Å². The molecule has 0 saturated heterocycles. The Morgan fingerprint density at radius 2 is 2.23 bits per heavy atom. The fraction of sp³-hybridized carbons (Fsp3) is 0.316. The number of ether oxygens (including phenoxy) is 1. The van der Waals surface area contributed by atoms with E-state index in [9.17, 15) is 0 Å². The molecule has 0 spiro atoms. The van der Waals surface area contributed by atoms with Crippen LogP contribution in [0, 0.1) is 0 Å². The summed E-state index contributed by atoms with van der Waals surface area (Å²) in [4.78, 5) is 4.62. The summed E-state index contributed by atoms with van der Waals surface area (Å²) in [5.74, 6) is 1.80. The Balaban J connectivity index is 1.75. The van der Waals surface area contributed by atoms with Gasteiger partial charge < -0.3 is 9.15 Å². The highest BCUT2D eigenvalue weighted by atomic mass is 16.5. The first-order valence-corrected chi connectivity index (χ1v) is 7.89. The van der Waals surface area contributed by atoms with Crippen LogP contribution in [-0.4, -0.2) is 18.9 Å². The molecule has 0 fully saturated rings. The summed E-state index contributed by atoms with van der Waals surface area (Å²) in [5.41, 5.74) is 3.51. The zero-order valence-electron chi connectivity index (χ0n) is 12.9. The van der Waals surface area contributed by atoms with Gasteiger partial charge in [-0.3, -0.25) is 4.99 Å². The van der Waals surface area contributed by atoms with Crippen molar-refractivity contribution in [2.75, 3.05) is 13.2 Å². The van der Waals surface area contributed by atoms with Crippen molar-refractivity contribution in [3.63, 3.8) is 0 Å². The lowest BCUT2D eigenvalue weighted by Crippen LogP contribution is -2.11. The number of benzene rings is 1. The maximum absolute atomic E-state index is 5.79. The predicted octanol–water partition coefficient (Wildman–Crippen LogP) is 4.52. The van der Waals surface area contributed by atoms with Crippen LogP contribution >= 0.6 is 0 Å². The van der Waals surface area contributed by atoms with Gasteiger partial charge in [0.25, 0.3) is 0 Å². The largest absolute Gasteiger partial charge is 0.494 e. The second-order valence-corrected chi connectivity index (χ2v) is 5.39. The summed E-state index contributed by atoms with van der Waals surface area (Å²) in [7, 11) is 0. The first-order valence-electron chi connectivity index (χ1n) is 7.89. The van der Waals surface area contributed by atoms with Gasteiger partial charge in [-0.05, 0) is 60.9 Å². The van der Waals surface area contributed by atoms with Gasteiger partial charge in [-0.1, -0.05) is 13.3 Å². The Bertz CT molecular complexity index is 669. The molecule has 0 atom stereocenters. The molecular weight excluding hydrogens is 274 g/mol. The van der Waals surface area contributed by atoms with Crippen molar-refractivity contribution in [1.29, 1.82) is 0 Å². The number of unbranched alkanes of at least 4 members (excludes halogenated alkanes) is 1. The third-order valence-corrected chi connectivity index (χ3v) is 3.73. The minimum atomic E-state index is 0.786. The van der Waals surface area contributed by atoms with Gasteiger partial charge in [-0.15, -0.1) is 0 Å². The number of allylic oxidation sites excluding steroid dienone is 1. The number of fused-ring (bicyclic) bond motifs is 1. The Hall–Kier alpha value is -2.29. The standard InChI is InChI=1S/C19H21NO2/c1-2-3-12-22-17-6-8-18-15(14-17)10-11-20-19(18)9-7-16-5-4-13-21-16/h4-9,13-14H,2-3,10-12H2,1H3. The minimum Gasteiger partial charge on any atom is -0.494 e. The molecule has 0 aliphatic carbocycles. The molecule has 1 aliphatic rings. The van der Waals surface area contributed by atoms with Gasteiger partial charge in [0.05, 0.1) is 18.6 Å². The summed E-state index contributed by atoms with van der Waals surface area (Å²) in [6.07, 6.45) is 8.87. The SMILES string of the molecule is CCCCOc1ccc2c(c1)CCN=C2C=Cc1ccco1. The van der Waals surface area contributed by atoms with Gasteiger partial charge in [0.1, 0.15) is 11.5 Å². The van der Waals surface area contributed by atoms with Crippen molar-refractivity contribution < 1.29 is 9.15 Å². The van der Waals surface area contributed by atoms with Crippen molar-refractivity contribution in [3.05, 3.63) is 59.6 Å². The fourth-order valence-electron chi connectivity index (χ4n) is 2.52. The number of hydrogen-bond acceptors (Lipinski definition) is 3. The quantitative estimate of drug-likeness (QED) is 0.734. The lowest BCUT2D eigenvalue weighted by Gasteiger charge is -2.16. The van der Waals surface area contributed by atoms with E-state index in [0.29, 0.717) is 0 Å². The second kappa shape index (κ2) is 7.12. The number of aliphatic imine (C=N–C) groups is 1. The van der Waals surface area contributed by atoms with Gasteiger partial charge in [0, 0.05) is 12.1 Å². The molecule has 1 aliphatic heterocycles. The summed E-state index contributed by atoms with van der Waals surface area (Å²) < 4.78 is 11.1. The Kier molecular flexibility index (Phi) is 4.74. The number of nitrogens with zero attached hydrogens (tertiary/aromatic N) is 1. The molecule has 2 aromatic rings. The predicted molar refractivity (Wildman–Crippen MR) is 89.7 cm³/mol. The van der Waals surface area contributed by atoms with Crippen LogP contribution in [0.1, 0.15) is 36.7 Å². The van der Waals surface area contributed by atoms with Crippen molar-refractivity contribution >= 4 is 11.8 Å². The highest BCUT2D eigenvalue weighted by Gasteiger charge is 2.13. The molecule has 0 bridgehead atoms. The van der Waals surface area contributed by atoms with E-state index in [2.05, 4.69) is 24.0 Å². The van der Waals surface area contributed by atoms with Crippen molar-refractivity contribution in [3.8, 4) is 5.75 Å².